The van der Waals surface area contributed by atoms with Gasteiger partial charge in [0.2, 0.25) is 0 Å². The Balaban J connectivity index is 2.97. The summed E-state index contributed by atoms with van der Waals surface area (Å²) in [6.07, 6.45) is 1.90. The van der Waals surface area contributed by atoms with Gasteiger partial charge in [-0.3, -0.25) is 0 Å². The van der Waals surface area contributed by atoms with Crippen molar-refractivity contribution in [2.45, 2.75) is 26.7 Å². The van der Waals surface area contributed by atoms with E-state index >= 15 is 0 Å². The zero-order valence-electron chi connectivity index (χ0n) is 8.67. The average Bonchev–Trinajstić information content (AvgIpc) is 2.17. The topological polar surface area (TPSA) is 0 Å². The molecule has 0 amide bonds. The summed E-state index contributed by atoms with van der Waals surface area (Å²) in [5.41, 5.74) is 2.67. The van der Waals surface area contributed by atoms with Gasteiger partial charge < -0.3 is 0 Å². The van der Waals surface area contributed by atoms with Crippen LogP contribution in [0.5, 0.6) is 0 Å². The Morgan fingerprint density at radius 3 is 2.62 bits per heavy atom. The van der Waals surface area contributed by atoms with Crippen molar-refractivity contribution in [2.75, 3.05) is 0 Å². The SMILES string of the molecule is C=C[C](C)c1cccc(C(C)C)c1. The molecular formula is C13H17. The minimum atomic E-state index is 0.595. The van der Waals surface area contributed by atoms with E-state index in [4.69, 9.17) is 0 Å². The number of allylic oxidation sites excluding steroid dienone is 1. The van der Waals surface area contributed by atoms with E-state index < -0.39 is 0 Å². The molecule has 0 spiro atoms. The fraction of sp³-hybridized carbons (Fsp3) is 0.308. The molecule has 0 N–H and O–H groups in total. The van der Waals surface area contributed by atoms with E-state index in [1.807, 2.05) is 6.08 Å². The normalized spacial score (nSPS) is 10.8. The summed E-state index contributed by atoms with van der Waals surface area (Å²) in [5.74, 6) is 1.83. The molecule has 0 nitrogen and oxygen atoms in total. The Hall–Kier alpha value is -1.04. The van der Waals surface area contributed by atoms with Crippen molar-refractivity contribution in [3.8, 4) is 0 Å². The third-order valence-electron chi connectivity index (χ3n) is 2.31. The van der Waals surface area contributed by atoms with Crippen molar-refractivity contribution >= 4 is 0 Å². The second kappa shape index (κ2) is 4.27. The summed E-state index contributed by atoms with van der Waals surface area (Å²) in [6, 6.07) is 8.65. The predicted octanol–water partition coefficient (Wildman–Crippen LogP) is 3.94. The minimum absolute atomic E-state index is 0.595. The van der Waals surface area contributed by atoms with E-state index in [9.17, 15) is 0 Å². The summed E-state index contributed by atoms with van der Waals surface area (Å²) < 4.78 is 0. The third kappa shape index (κ3) is 2.45. The molecule has 0 unspecified atom stereocenters. The van der Waals surface area contributed by atoms with Gasteiger partial charge in [0.05, 0.1) is 0 Å². The van der Waals surface area contributed by atoms with E-state index in [0.717, 1.165) is 0 Å². The molecule has 0 heterocycles. The molecule has 0 fully saturated rings. The largest absolute Gasteiger partial charge is 0.102 e. The molecule has 1 radical (unpaired) electrons. The van der Waals surface area contributed by atoms with Crippen LogP contribution in [-0.2, 0) is 0 Å². The summed E-state index contributed by atoms with van der Waals surface area (Å²) in [4.78, 5) is 0. The van der Waals surface area contributed by atoms with Crippen LogP contribution in [-0.4, -0.2) is 0 Å². The molecule has 0 atom stereocenters. The van der Waals surface area contributed by atoms with Gasteiger partial charge in [-0.05, 0) is 17.0 Å². The van der Waals surface area contributed by atoms with Crippen molar-refractivity contribution in [3.05, 3.63) is 54.0 Å². The first kappa shape index (κ1) is 10.0. The van der Waals surface area contributed by atoms with Gasteiger partial charge in [0.1, 0.15) is 0 Å². The Morgan fingerprint density at radius 2 is 2.08 bits per heavy atom. The van der Waals surface area contributed by atoms with E-state index in [2.05, 4.69) is 51.6 Å². The Kier molecular flexibility index (Phi) is 3.30. The van der Waals surface area contributed by atoms with Crippen LogP contribution >= 0.6 is 0 Å². The van der Waals surface area contributed by atoms with E-state index in [1.165, 1.54) is 17.0 Å². The van der Waals surface area contributed by atoms with Crippen LogP contribution in [0.1, 0.15) is 37.8 Å². The fourth-order valence-electron chi connectivity index (χ4n) is 1.26. The van der Waals surface area contributed by atoms with Crippen LogP contribution in [0.2, 0.25) is 0 Å². The third-order valence-corrected chi connectivity index (χ3v) is 2.31. The highest BCUT2D eigenvalue weighted by atomic mass is 14.1. The lowest BCUT2D eigenvalue weighted by atomic mass is 9.95. The van der Waals surface area contributed by atoms with Crippen molar-refractivity contribution in [1.82, 2.24) is 0 Å². The molecule has 0 aliphatic carbocycles. The van der Waals surface area contributed by atoms with E-state index in [-0.39, 0.29) is 0 Å². The molecule has 0 aliphatic rings. The number of hydrogen-bond acceptors (Lipinski definition) is 0. The lowest BCUT2D eigenvalue weighted by Gasteiger charge is -2.10. The molecule has 0 saturated heterocycles. The van der Waals surface area contributed by atoms with Crippen LogP contribution in [0, 0.1) is 5.92 Å². The van der Waals surface area contributed by atoms with Crippen LogP contribution < -0.4 is 0 Å². The summed E-state index contributed by atoms with van der Waals surface area (Å²) in [7, 11) is 0. The fourth-order valence-corrected chi connectivity index (χ4v) is 1.26. The van der Waals surface area contributed by atoms with Gasteiger partial charge in [-0.25, -0.2) is 0 Å². The first-order valence-electron chi connectivity index (χ1n) is 4.71. The van der Waals surface area contributed by atoms with Gasteiger partial charge in [0.25, 0.3) is 0 Å². The second-order valence-electron chi connectivity index (χ2n) is 3.67. The molecule has 0 heteroatoms. The monoisotopic (exact) mass is 173 g/mol. The molecular weight excluding hydrogens is 156 g/mol. The first-order valence-corrected chi connectivity index (χ1v) is 4.71. The van der Waals surface area contributed by atoms with Crippen LogP contribution in [0.3, 0.4) is 0 Å². The van der Waals surface area contributed by atoms with E-state index in [0.29, 0.717) is 5.92 Å². The van der Waals surface area contributed by atoms with Crippen LogP contribution in [0.4, 0.5) is 0 Å². The Morgan fingerprint density at radius 1 is 1.38 bits per heavy atom. The van der Waals surface area contributed by atoms with Gasteiger partial charge in [0.15, 0.2) is 0 Å². The van der Waals surface area contributed by atoms with Crippen molar-refractivity contribution in [3.63, 3.8) is 0 Å². The average molecular weight is 173 g/mol. The summed E-state index contributed by atoms with van der Waals surface area (Å²) in [6.45, 7) is 10.3. The highest BCUT2D eigenvalue weighted by Gasteiger charge is 2.04. The molecule has 1 aromatic carbocycles. The molecule has 0 bridgehead atoms. The zero-order chi connectivity index (χ0) is 9.84. The lowest BCUT2D eigenvalue weighted by Crippen LogP contribution is -1.93. The Labute approximate surface area is 81.3 Å². The molecule has 13 heavy (non-hydrogen) atoms. The zero-order valence-corrected chi connectivity index (χ0v) is 8.67. The summed E-state index contributed by atoms with van der Waals surface area (Å²) in [5, 5.41) is 0. The van der Waals surface area contributed by atoms with Gasteiger partial charge in [-0.2, -0.15) is 0 Å². The van der Waals surface area contributed by atoms with Crippen molar-refractivity contribution in [1.29, 1.82) is 0 Å². The quantitative estimate of drug-likeness (QED) is 0.649. The van der Waals surface area contributed by atoms with Crippen molar-refractivity contribution < 1.29 is 0 Å². The highest BCUT2D eigenvalue weighted by molar-refractivity contribution is 5.38. The number of rotatable bonds is 3. The maximum absolute atomic E-state index is 3.77. The second-order valence-corrected chi connectivity index (χ2v) is 3.67. The number of benzene rings is 1. The van der Waals surface area contributed by atoms with Gasteiger partial charge in [-0.1, -0.05) is 51.1 Å². The van der Waals surface area contributed by atoms with Gasteiger partial charge in [-0.15, -0.1) is 6.58 Å². The standard InChI is InChI=1S/C13H17/c1-5-11(4)13-8-6-7-12(9-13)10(2)3/h5-10H,1H2,2-4H3. The molecule has 0 saturated carbocycles. The molecule has 0 aliphatic heterocycles. The van der Waals surface area contributed by atoms with Crippen LogP contribution in [0.25, 0.3) is 0 Å². The predicted molar refractivity (Wildman–Crippen MR) is 58.7 cm³/mol. The minimum Gasteiger partial charge on any atom is -0.102 e. The first-order chi connectivity index (χ1) is 6.15. The maximum Gasteiger partial charge on any atom is 0.0230 e. The van der Waals surface area contributed by atoms with Gasteiger partial charge in [0, 0.05) is 5.92 Å². The summed E-state index contributed by atoms with van der Waals surface area (Å²) >= 11 is 0. The number of hydrogen-bond donors (Lipinski definition) is 0. The lowest BCUT2D eigenvalue weighted by molar-refractivity contribution is 0.864. The van der Waals surface area contributed by atoms with Crippen molar-refractivity contribution in [2.24, 2.45) is 0 Å². The molecule has 1 rings (SSSR count). The maximum atomic E-state index is 3.77. The molecule has 1 aromatic rings. The van der Waals surface area contributed by atoms with E-state index in [1.54, 1.807) is 0 Å². The van der Waals surface area contributed by atoms with Gasteiger partial charge >= 0.3 is 0 Å². The van der Waals surface area contributed by atoms with Crippen LogP contribution in [0.15, 0.2) is 36.9 Å². The highest BCUT2D eigenvalue weighted by Crippen LogP contribution is 2.20. The molecule has 69 valence electrons. The smallest absolute Gasteiger partial charge is 0.0230 e. The Bertz CT molecular complexity index is 284. The molecule has 0 aromatic heterocycles.